The minimum atomic E-state index is -0.548. The van der Waals surface area contributed by atoms with Gasteiger partial charge < -0.3 is 15.0 Å². The summed E-state index contributed by atoms with van der Waals surface area (Å²) in [5.41, 5.74) is 2.12. The average molecular weight is 595 g/mol. The van der Waals surface area contributed by atoms with Gasteiger partial charge in [0.05, 0.1) is 16.4 Å². The van der Waals surface area contributed by atoms with Crippen LogP contribution in [0.2, 0.25) is 5.02 Å². The number of thioether (sulfide) groups is 1. The van der Waals surface area contributed by atoms with Crippen molar-refractivity contribution in [1.29, 1.82) is 0 Å². The van der Waals surface area contributed by atoms with Crippen molar-refractivity contribution in [3.63, 3.8) is 0 Å². The fourth-order valence-corrected chi connectivity index (χ4v) is 5.19. The molecule has 1 heterocycles. The summed E-state index contributed by atoms with van der Waals surface area (Å²) in [5.74, 6) is -0.645. The highest BCUT2D eigenvalue weighted by molar-refractivity contribution is 8.18. The van der Waals surface area contributed by atoms with E-state index >= 15 is 0 Å². The highest BCUT2D eigenvalue weighted by Crippen LogP contribution is 2.36. The average Bonchev–Trinajstić information content (AvgIpc) is 3.22. The van der Waals surface area contributed by atoms with Crippen LogP contribution in [0.4, 0.5) is 21.9 Å². The smallest absolute Gasteiger partial charge is 0.293 e. The molecule has 1 aliphatic heterocycles. The number of amides is 3. The molecule has 0 bridgehead atoms. The summed E-state index contributed by atoms with van der Waals surface area (Å²) < 4.78 is 5.89. The number of ether oxygens (including phenoxy) is 1. The fourth-order valence-electron chi connectivity index (χ4n) is 4.16. The molecule has 0 atom stereocenters. The van der Waals surface area contributed by atoms with Crippen molar-refractivity contribution in [3.05, 3.63) is 97.9 Å². The van der Waals surface area contributed by atoms with E-state index in [0.717, 1.165) is 35.4 Å². The molecule has 4 rings (SSSR count). The monoisotopic (exact) mass is 594 g/mol. The van der Waals surface area contributed by atoms with Crippen LogP contribution in [0.5, 0.6) is 5.75 Å². The molecule has 3 aromatic carbocycles. The summed E-state index contributed by atoms with van der Waals surface area (Å²) in [4.78, 5) is 52.5. The number of halogens is 1. The molecule has 0 unspecified atom stereocenters. The molecule has 0 aliphatic carbocycles. The molecular formula is C29H27ClN4O6S. The summed E-state index contributed by atoms with van der Waals surface area (Å²) >= 11 is 7.04. The third-order valence-corrected chi connectivity index (χ3v) is 7.55. The highest BCUT2D eigenvalue weighted by atomic mass is 35.5. The lowest BCUT2D eigenvalue weighted by molar-refractivity contribution is -0.384. The van der Waals surface area contributed by atoms with Crippen LogP contribution >= 0.6 is 23.4 Å². The zero-order chi connectivity index (χ0) is 29.5. The fraction of sp³-hybridized carbons (Fsp3) is 0.207. The van der Waals surface area contributed by atoms with Crippen LogP contribution in [0.1, 0.15) is 25.0 Å². The number of nitrogens with zero attached hydrogens (tertiary/aromatic N) is 3. The van der Waals surface area contributed by atoms with E-state index in [9.17, 15) is 24.5 Å². The molecule has 10 nitrogen and oxygen atoms in total. The van der Waals surface area contributed by atoms with Crippen LogP contribution in [-0.4, -0.2) is 46.6 Å². The number of hydrogen-bond donors (Lipinski definition) is 1. The Morgan fingerprint density at radius 3 is 2.56 bits per heavy atom. The van der Waals surface area contributed by atoms with Gasteiger partial charge in [-0.1, -0.05) is 35.9 Å². The van der Waals surface area contributed by atoms with Crippen molar-refractivity contribution in [2.75, 3.05) is 29.9 Å². The number of non-ortho nitro benzene ring substituents is 1. The Kier molecular flexibility index (Phi) is 9.64. The Hall–Kier alpha value is -4.35. The van der Waals surface area contributed by atoms with E-state index < -0.39 is 22.0 Å². The van der Waals surface area contributed by atoms with E-state index in [-0.39, 0.29) is 29.4 Å². The second kappa shape index (κ2) is 13.3. The molecule has 0 saturated carbocycles. The van der Waals surface area contributed by atoms with Gasteiger partial charge in [0, 0.05) is 53.2 Å². The molecule has 12 heteroatoms. The van der Waals surface area contributed by atoms with Gasteiger partial charge in [-0.15, -0.1) is 0 Å². The van der Waals surface area contributed by atoms with Crippen LogP contribution < -0.4 is 15.0 Å². The summed E-state index contributed by atoms with van der Waals surface area (Å²) in [7, 11) is 0. The molecule has 0 radical (unpaired) electrons. The van der Waals surface area contributed by atoms with E-state index in [1.165, 1.54) is 24.3 Å². The number of nitrogens with one attached hydrogen (secondary N) is 1. The Balaban J connectivity index is 1.56. The van der Waals surface area contributed by atoms with Gasteiger partial charge in [0.15, 0.2) is 6.61 Å². The molecule has 212 valence electrons. The predicted octanol–water partition coefficient (Wildman–Crippen LogP) is 6.35. The van der Waals surface area contributed by atoms with E-state index in [0.29, 0.717) is 21.9 Å². The number of nitro benzene ring substituents is 1. The standard InChI is InChI=1S/C29H27ClN4O6S/c1-3-32(4-2)22-13-12-19(14-26-28(36)33(29(37)41-26)17-20-8-5-6-11-24(20)30)25(16-22)40-18-27(35)31-21-9-7-10-23(15-21)34(38)39/h5-16H,3-4,17-18H2,1-2H3,(H,31,35)/b26-14-. The van der Waals surface area contributed by atoms with Crippen molar-refractivity contribution in [3.8, 4) is 5.75 Å². The molecule has 3 aromatic rings. The Morgan fingerprint density at radius 1 is 1.10 bits per heavy atom. The molecule has 41 heavy (non-hydrogen) atoms. The van der Waals surface area contributed by atoms with Crippen LogP contribution in [-0.2, 0) is 16.1 Å². The SMILES string of the molecule is CCN(CC)c1ccc(/C=C2\SC(=O)N(Cc3ccccc3Cl)C2=O)c(OCC(=O)Nc2cccc([N+](=O)[O-])c2)c1. The molecule has 0 aromatic heterocycles. The van der Waals surface area contributed by atoms with Gasteiger partial charge >= 0.3 is 0 Å². The van der Waals surface area contributed by atoms with Crippen LogP contribution in [0, 0.1) is 10.1 Å². The van der Waals surface area contributed by atoms with E-state index in [1.807, 2.05) is 19.9 Å². The van der Waals surface area contributed by atoms with Gasteiger partial charge in [0.25, 0.3) is 22.7 Å². The first kappa shape index (κ1) is 29.6. The zero-order valence-corrected chi connectivity index (χ0v) is 23.9. The Morgan fingerprint density at radius 2 is 1.85 bits per heavy atom. The zero-order valence-electron chi connectivity index (χ0n) is 22.3. The molecule has 1 fully saturated rings. The van der Waals surface area contributed by atoms with Crippen LogP contribution in [0.25, 0.3) is 6.08 Å². The predicted molar refractivity (Wildman–Crippen MR) is 160 cm³/mol. The number of carbonyl (C=O) groups is 3. The number of nitro groups is 1. The van der Waals surface area contributed by atoms with Crippen molar-refractivity contribution < 1.29 is 24.0 Å². The Labute approximate surface area is 246 Å². The van der Waals surface area contributed by atoms with Gasteiger partial charge in [0.1, 0.15) is 5.75 Å². The molecular weight excluding hydrogens is 568 g/mol. The first-order valence-corrected chi connectivity index (χ1v) is 13.9. The van der Waals surface area contributed by atoms with Gasteiger partial charge in [-0.25, -0.2) is 0 Å². The number of rotatable bonds is 11. The van der Waals surface area contributed by atoms with Gasteiger partial charge in [-0.3, -0.25) is 29.4 Å². The number of anilines is 2. The number of hydrogen-bond acceptors (Lipinski definition) is 8. The normalized spacial score (nSPS) is 13.9. The van der Waals surface area contributed by atoms with Crippen molar-refractivity contribution in [2.24, 2.45) is 0 Å². The maximum absolute atomic E-state index is 13.2. The van der Waals surface area contributed by atoms with Crippen LogP contribution in [0.15, 0.2) is 71.6 Å². The first-order valence-electron chi connectivity index (χ1n) is 12.7. The van der Waals surface area contributed by atoms with Crippen molar-refractivity contribution in [2.45, 2.75) is 20.4 Å². The molecule has 3 amide bonds. The lowest BCUT2D eigenvalue weighted by Crippen LogP contribution is -2.27. The number of imide groups is 1. The van der Waals surface area contributed by atoms with Gasteiger partial charge in [0.2, 0.25) is 0 Å². The highest BCUT2D eigenvalue weighted by Gasteiger charge is 2.35. The number of benzene rings is 3. The van der Waals surface area contributed by atoms with E-state index in [1.54, 1.807) is 42.5 Å². The first-order chi connectivity index (χ1) is 19.7. The van der Waals surface area contributed by atoms with Crippen molar-refractivity contribution in [1.82, 2.24) is 4.90 Å². The topological polar surface area (TPSA) is 122 Å². The minimum absolute atomic E-state index is 0.0454. The third-order valence-electron chi connectivity index (χ3n) is 6.27. The van der Waals surface area contributed by atoms with E-state index in [4.69, 9.17) is 16.3 Å². The Bertz CT molecular complexity index is 1520. The second-order valence-electron chi connectivity index (χ2n) is 8.90. The third kappa shape index (κ3) is 7.24. The minimum Gasteiger partial charge on any atom is -0.483 e. The van der Waals surface area contributed by atoms with Gasteiger partial charge in [-0.05, 0) is 61.5 Å². The maximum Gasteiger partial charge on any atom is 0.293 e. The lowest BCUT2D eigenvalue weighted by atomic mass is 10.1. The van der Waals surface area contributed by atoms with Crippen molar-refractivity contribution >= 4 is 63.6 Å². The summed E-state index contributed by atoms with van der Waals surface area (Å²) in [5, 5.41) is 13.7. The molecule has 1 N–H and O–H groups in total. The molecule has 0 spiro atoms. The van der Waals surface area contributed by atoms with Gasteiger partial charge in [-0.2, -0.15) is 0 Å². The maximum atomic E-state index is 13.2. The summed E-state index contributed by atoms with van der Waals surface area (Å²) in [6, 6.07) is 18.0. The van der Waals surface area contributed by atoms with E-state index in [2.05, 4.69) is 10.2 Å². The number of carbonyl (C=O) groups excluding carboxylic acids is 3. The largest absolute Gasteiger partial charge is 0.483 e. The summed E-state index contributed by atoms with van der Waals surface area (Å²) in [6.45, 7) is 5.16. The van der Waals surface area contributed by atoms with Crippen LogP contribution in [0.3, 0.4) is 0 Å². The second-order valence-corrected chi connectivity index (χ2v) is 10.3. The molecule has 1 saturated heterocycles. The quantitative estimate of drug-likeness (QED) is 0.155. The summed E-state index contributed by atoms with van der Waals surface area (Å²) in [6.07, 6.45) is 1.57. The lowest BCUT2D eigenvalue weighted by Gasteiger charge is -2.22. The molecule has 1 aliphatic rings.